The van der Waals surface area contributed by atoms with E-state index in [9.17, 15) is 8.42 Å². The van der Waals surface area contributed by atoms with E-state index in [1.54, 1.807) is 11.3 Å². The third kappa shape index (κ3) is 6.19. The first-order valence-electron chi connectivity index (χ1n) is 5.27. The zero-order chi connectivity index (χ0) is 12.0. The minimum atomic E-state index is -2.81. The van der Waals surface area contributed by atoms with Gasteiger partial charge in [-0.2, -0.15) is 0 Å². The largest absolute Gasteiger partial charge is 0.316 e. The van der Waals surface area contributed by atoms with E-state index in [2.05, 4.69) is 15.7 Å². The molecule has 0 bridgehead atoms. The van der Waals surface area contributed by atoms with Crippen LogP contribution in [0.1, 0.15) is 17.1 Å². The highest BCUT2D eigenvalue weighted by molar-refractivity contribution is 7.90. The van der Waals surface area contributed by atoms with Gasteiger partial charge in [-0.3, -0.25) is 0 Å². The summed E-state index contributed by atoms with van der Waals surface area (Å²) < 4.78 is 21.7. The average molecular weight is 262 g/mol. The fourth-order valence-corrected chi connectivity index (χ4v) is 2.64. The average Bonchev–Trinajstić information content (AvgIpc) is 2.56. The molecule has 0 atom stereocenters. The van der Waals surface area contributed by atoms with Crippen LogP contribution in [0.3, 0.4) is 0 Å². The first-order chi connectivity index (χ1) is 7.47. The molecule has 0 amide bonds. The van der Waals surface area contributed by atoms with Crippen molar-refractivity contribution in [3.63, 3.8) is 0 Å². The summed E-state index contributed by atoms with van der Waals surface area (Å²) in [5.41, 5.74) is 1.11. The van der Waals surface area contributed by atoms with Crippen LogP contribution >= 0.6 is 11.3 Å². The molecule has 4 nitrogen and oxygen atoms in total. The van der Waals surface area contributed by atoms with Gasteiger partial charge in [-0.15, -0.1) is 11.3 Å². The molecule has 0 saturated carbocycles. The normalized spacial score (nSPS) is 11.9. The predicted octanol–water partition coefficient (Wildman–Crippen LogP) is 1.02. The second-order valence-electron chi connectivity index (χ2n) is 3.84. The highest BCUT2D eigenvalue weighted by Crippen LogP contribution is 2.07. The third-order valence-electron chi connectivity index (χ3n) is 2.09. The summed E-state index contributed by atoms with van der Waals surface area (Å²) in [6, 6.07) is 0. The van der Waals surface area contributed by atoms with E-state index in [0.717, 1.165) is 30.2 Å². The van der Waals surface area contributed by atoms with Crippen molar-refractivity contribution in [1.82, 2.24) is 10.3 Å². The van der Waals surface area contributed by atoms with Gasteiger partial charge in [0.1, 0.15) is 9.84 Å². The third-order valence-corrected chi connectivity index (χ3v) is 3.95. The van der Waals surface area contributed by atoms with Gasteiger partial charge in [0.15, 0.2) is 0 Å². The highest BCUT2D eigenvalue weighted by Gasteiger charge is 2.01. The summed E-state index contributed by atoms with van der Waals surface area (Å²) in [6.07, 6.45) is 2.85. The van der Waals surface area contributed by atoms with Crippen molar-refractivity contribution in [1.29, 1.82) is 0 Å². The Kier molecular flexibility index (Phi) is 5.37. The number of thiazole rings is 1. The van der Waals surface area contributed by atoms with Crippen LogP contribution < -0.4 is 5.32 Å². The van der Waals surface area contributed by atoms with Crippen LogP contribution in [0.15, 0.2) is 5.38 Å². The SMILES string of the molecule is Cc1nc(CCNCCCS(C)(=O)=O)cs1. The van der Waals surface area contributed by atoms with Crippen molar-refractivity contribution in [3.8, 4) is 0 Å². The number of nitrogens with one attached hydrogen (secondary N) is 1. The molecule has 0 fully saturated rings. The van der Waals surface area contributed by atoms with Crippen molar-refractivity contribution in [3.05, 3.63) is 16.1 Å². The molecule has 0 aliphatic rings. The molecule has 0 aromatic carbocycles. The standard InChI is InChI=1S/C10H18N2O2S2/c1-9-12-10(8-15-9)4-6-11-5-3-7-16(2,13)14/h8,11H,3-7H2,1-2H3. The van der Waals surface area contributed by atoms with Crippen LogP contribution in [0, 0.1) is 6.92 Å². The van der Waals surface area contributed by atoms with E-state index in [1.165, 1.54) is 6.26 Å². The Morgan fingerprint density at radius 2 is 2.19 bits per heavy atom. The highest BCUT2D eigenvalue weighted by atomic mass is 32.2. The maximum atomic E-state index is 10.9. The van der Waals surface area contributed by atoms with Crippen LogP contribution in [-0.2, 0) is 16.3 Å². The molecule has 0 unspecified atom stereocenters. The molecular weight excluding hydrogens is 244 g/mol. The summed E-state index contributed by atoms with van der Waals surface area (Å²) in [6.45, 7) is 3.59. The van der Waals surface area contributed by atoms with E-state index < -0.39 is 9.84 Å². The number of sulfone groups is 1. The molecule has 1 rings (SSSR count). The van der Waals surface area contributed by atoms with Crippen molar-refractivity contribution < 1.29 is 8.42 Å². The Bertz CT molecular complexity index is 412. The van der Waals surface area contributed by atoms with Crippen molar-refractivity contribution >= 4 is 21.2 Å². The lowest BCUT2D eigenvalue weighted by atomic mass is 10.3. The van der Waals surface area contributed by atoms with E-state index >= 15 is 0 Å². The molecule has 1 aromatic heterocycles. The van der Waals surface area contributed by atoms with Crippen molar-refractivity contribution in [2.75, 3.05) is 25.1 Å². The molecule has 16 heavy (non-hydrogen) atoms. The van der Waals surface area contributed by atoms with Gasteiger partial charge in [0, 0.05) is 24.6 Å². The quantitative estimate of drug-likeness (QED) is 0.745. The monoisotopic (exact) mass is 262 g/mol. The number of hydrogen-bond acceptors (Lipinski definition) is 5. The van der Waals surface area contributed by atoms with Gasteiger partial charge >= 0.3 is 0 Å². The smallest absolute Gasteiger partial charge is 0.147 e. The number of rotatable bonds is 7. The van der Waals surface area contributed by atoms with Crippen LogP contribution in [0.5, 0.6) is 0 Å². The predicted molar refractivity (Wildman–Crippen MR) is 67.8 cm³/mol. The number of hydrogen-bond donors (Lipinski definition) is 1. The lowest BCUT2D eigenvalue weighted by Gasteiger charge is -2.02. The molecule has 0 radical (unpaired) electrons. The Balaban J connectivity index is 2.04. The maximum absolute atomic E-state index is 10.9. The van der Waals surface area contributed by atoms with Gasteiger partial charge in [0.25, 0.3) is 0 Å². The molecule has 0 spiro atoms. The first-order valence-corrected chi connectivity index (χ1v) is 8.21. The lowest BCUT2D eigenvalue weighted by Crippen LogP contribution is -2.20. The lowest BCUT2D eigenvalue weighted by molar-refractivity contribution is 0.594. The molecule has 0 saturated heterocycles. The van der Waals surface area contributed by atoms with Gasteiger partial charge in [-0.1, -0.05) is 0 Å². The Morgan fingerprint density at radius 3 is 2.75 bits per heavy atom. The zero-order valence-corrected chi connectivity index (χ0v) is 11.3. The van der Waals surface area contributed by atoms with Crippen LogP contribution in [0.4, 0.5) is 0 Å². The summed E-state index contributed by atoms with van der Waals surface area (Å²) >= 11 is 1.66. The van der Waals surface area contributed by atoms with Gasteiger partial charge in [-0.05, 0) is 19.9 Å². The van der Waals surface area contributed by atoms with Gasteiger partial charge in [0.05, 0.1) is 16.5 Å². The fourth-order valence-electron chi connectivity index (χ4n) is 1.32. The van der Waals surface area contributed by atoms with Crippen molar-refractivity contribution in [2.24, 2.45) is 0 Å². The molecule has 6 heteroatoms. The molecule has 1 N–H and O–H groups in total. The Morgan fingerprint density at radius 1 is 1.44 bits per heavy atom. The molecular formula is C10H18N2O2S2. The van der Waals surface area contributed by atoms with E-state index in [-0.39, 0.29) is 5.75 Å². The van der Waals surface area contributed by atoms with Gasteiger partial charge < -0.3 is 5.32 Å². The number of nitrogens with zero attached hydrogens (tertiary/aromatic N) is 1. The van der Waals surface area contributed by atoms with Crippen LogP contribution in [0.2, 0.25) is 0 Å². The minimum Gasteiger partial charge on any atom is -0.316 e. The van der Waals surface area contributed by atoms with Crippen molar-refractivity contribution in [2.45, 2.75) is 19.8 Å². The Hall–Kier alpha value is -0.460. The summed E-state index contributed by atoms with van der Waals surface area (Å²) in [5, 5.41) is 6.37. The molecule has 0 aliphatic heterocycles. The summed E-state index contributed by atoms with van der Waals surface area (Å²) in [5.74, 6) is 0.260. The van der Waals surface area contributed by atoms with E-state index in [0.29, 0.717) is 6.42 Å². The molecule has 1 heterocycles. The minimum absolute atomic E-state index is 0.260. The molecule has 0 aliphatic carbocycles. The fraction of sp³-hybridized carbons (Fsp3) is 0.700. The second-order valence-corrected chi connectivity index (χ2v) is 7.16. The van der Waals surface area contributed by atoms with Crippen LogP contribution in [0.25, 0.3) is 0 Å². The topological polar surface area (TPSA) is 59.1 Å². The van der Waals surface area contributed by atoms with Gasteiger partial charge in [0.2, 0.25) is 0 Å². The molecule has 92 valence electrons. The van der Waals surface area contributed by atoms with E-state index in [1.807, 2.05) is 6.92 Å². The van der Waals surface area contributed by atoms with Crippen LogP contribution in [-0.4, -0.2) is 38.5 Å². The number of aryl methyl sites for hydroxylation is 1. The number of aromatic nitrogens is 1. The maximum Gasteiger partial charge on any atom is 0.147 e. The first kappa shape index (κ1) is 13.6. The summed E-state index contributed by atoms with van der Waals surface area (Å²) in [7, 11) is -2.81. The zero-order valence-electron chi connectivity index (χ0n) is 9.69. The van der Waals surface area contributed by atoms with Gasteiger partial charge in [-0.25, -0.2) is 13.4 Å². The summed E-state index contributed by atoms with van der Waals surface area (Å²) in [4.78, 5) is 4.35. The second kappa shape index (κ2) is 6.32. The van der Waals surface area contributed by atoms with E-state index in [4.69, 9.17) is 0 Å². The Labute approximate surface area is 101 Å². The molecule has 1 aromatic rings.